The van der Waals surface area contributed by atoms with Gasteiger partial charge in [-0.2, -0.15) is 4.31 Å². The van der Waals surface area contributed by atoms with Gasteiger partial charge in [0.15, 0.2) is 0 Å². The van der Waals surface area contributed by atoms with Crippen molar-refractivity contribution in [1.82, 2.24) is 4.31 Å². The number of halogens is 1. The molecule has 2 atom stereocenters. The monoisotopic (exact) mass is 361 g/mol. The number of nitro benzene ring substituents is 1. The van der Waals surface area contributed by atoms with Crippen LogP contribution in [0.25, 0.3) is 0 Å². The topological polar surface area (TPSA) is 107 Å². The predicted molar refractivity (Wildman–Crippen MR) is 88.0 cm³/mol. The number of piperidine rings is 1. The summed E-state index contributed by atoms with van der Waals surface area (Å²) in [5.41, 5.74) is 5.99. The number of nitrogens with zero attached hydrogens (tertiary/aromatic N) is 2. The average Bonchev–Trinajstić information content (AvgIpc) is 2.48. The van der Waals surface area contributed by atoms with Crippen molar-refractivity contribution in [1.29, 1.82) is 0 Å². The van der Waals surface area contributed by atoms with Crippen molar-refractivity contribution >= 4 is 27.3 Å². The first-order valence-electron chi connectivity index (χ1n) is 7.38. The molecule has 0 radical (unpaired) electrons. The van der Waals surface area contributed by atoms with Crippen molar-refractivity contribution in [3.63, 3.8) is 0 Å². The van der Waals surface area contributed by atoms with Crippen LogP contribution in [0.3, 0.4) is 0 Å². The van der Waals surface area contributed by atoms with Gasteiger partial charge in [0, 0.05) is 24.7 Å². The molecule has 1 heterocycles. The third-order valence-corrected chi connectivity index (χ3v) is 6.51. The molecule has 1 aromatic carbocycles. The van der Waals surface area contributed by atoms with E-state index in [9.17, 15) is 18.5 Å². The van der Waals surface area contributed by atoms with Gasteiger partial charge in [0.05, 0.1) is 4.92 Å². The second kappa shape index (κ2) is 6.72. The van der Waals surface area contributed by atoms with E-state index in [0.717, 1.165) is 12.8 Å². The van der Waals surface area contributed by atoms with Gasteiger partial charge in [-0.3, -0.25) is 10.1 Å². The number of sulfonamides is 1. The number of benzene rings is 1. The Balaban J connectivity index is 2.57. The number of nitrogens with two attached hydrogens (primary N) is 1. The molecule has 0 bridgehead atoms. The molecular weight excluding hydrogens is 342 g/mol. The van der Waals surface area contributed by atoms with Crippen LogP contribution in [0.2, 0.25) is 5.02 Å². The summed E-state index contributed by atoms with van der Waals surface area (Å²) in [6, 6.07) is 1.98. The molecule has 0 aliphatic carbocycles. The summed E-state index contributed by atoms with van der Waals surface area (Å²) >= 11 is 6.03. The van der Waals surface area contributed by atoms with Crippen LogP contribution >= 0.6 is 11.6 Å². The Bertz CT molecular complexity index is 721. The van der Waals surface area contributed by atoms with Gasteiger partial charge in [-0.1, -0.05) is 18.0 Å². The van der Waals surface area contributed by atoms with Crippen LogP contribution in [-0.4, -0.2) is 36.3 Å². The van der Waals surface area contributed by atoms with Crippen molar-refractivity contribution in [2.75, 3.05) is 6.54 Å². The lowest BCUT2D eigenvalue weighted by atomic mass is 10.00. The highest BCUT2D eigenvalue weighted by Crippen LogP contribution is 2.36. The lowest BCUT2D eigenvalue weighted by Crippen LogP contribution is -2.51. The maximum Gasteiger partial charge on any atom is 0.289 e. The zero-order valence-electron chi connectivity index (χ0n) is 13.0. The van der Waals surface area contributed by atoms with Crippen LogP contribution in [0, 0.1) is 17.0 Å². The van der Waals surface area contributed by atoms with E-state index < -0.39 is 20.6 Å². The molecule has 0 aromatic heterocycles. The lowest BCUT2D eigenvalue weighted by molar-refractivity contribution is -0.385. The Morgan fingerprint density at radius 1 is 1.43 bits per heavy atom. The van der Waals surface area contributed by atoms with Crippen molar-refractivity contribution in [3.8, 4) is 0 Å². The van der Waals surface area contributed by atoms with Gasteiger partial charge >= 0.3 is 0 Å². The summed E-state index contributed by atoms with van der Waals surface area (Å²) in [5, 5.41) is 10.7. The highest BCUT2D eigenvalue weighted by molar-refractivity contribution is 7.89. The third-order valence-electron chi connectivity index (χ3n) is 4.05. The number of hydrogen-bond acceptors (Lipinski definition) is 5. The first-order chi connectivity index (χ1) is 10.7. The summed E-state index contributed by atoms with van der Waals surface area (Å²) in [4.78, 5) is 10.2. The molecule has 128 valence electrons. The van der Waals surface area contributed by atoms with E-state index in [2.05, 4.69) is 0 Å². The Morgan fingerprint density at radius 2 is 2.09 bits per heavy atom. The molecule has 1 aromatic rings. The normalized spacial score (nSPS) is 21.1. The molecular formula is C14H20ClN3O4S. The molecule has 2 unspecified atom stereocenters. The van der Waals surface area contributed by atoms with E-state index in [0.29, 0.717) is 18.5 Å². The largest absolute Gasteiger partial charge is 0.326 e. The van der Waals surface area contributed by atoms with Crippen molar-refractivity contribution in [3.05, 3.63) is 32.8 Å². The quantitative estimate of drug-likeness (QED) is 0.654. The first-order valence-corrected chi connectivity index (χ1v) is 9.20. The van der Waals surface area contributed by atoms with Crippen molar-refractivity contribution < 1.29 is 13.3 Å². The van der Waals surface area contributed by atoms with E-state index >= 15 is 0 Å². The van der Waals surface area contributed by atoms with Gasteiger partial charge in [-0.05, 0) is 38.3 Å². The minimum atomic E-state index is -3.95. The van der Waals surface area contributed by atoms with Gasteiger partial charge in [0.25, 0.3) is 5.69 Å². The molecule has 9 heteroatoms. The fourth-order valence-corrected chi connectivity index (χ4v) is 5.33. The van der Waals surface area contributed by atoms with Gasteiger partial charge < -0.3 is 5.73 Å². The van der Waals surface area contributed by atoms with Crippen LogP contribution < -0.4 is 5.73 Å². The van der Waals surface area contributed by atoms with Gasteiger partial charge in [-0.25, -0.2) is 8.42 Å². The van der Waals surface area contributed by atoms with E-state index in [1.54, 1.807) is 13.8 Å². The lowest BCUT2D eigenvalue weighted by Gasteiger charge is -2.37. The maximum atomic E-state index is 13.0. The summed E-state index contributed by atoms with van der Waals surface area (Å²) < 4.78 is 27.4. The zero-order valence-corrected chi connectivity index (χ0v) is 14.6. The Morgan fingerprint density at radius 3 is 2.65 bits per heavy atom. The summed E-state index contributed by atoms with van der Waals surface area (Å²) in [6.45, 7) is 3.70. The molecule has 2 rings (SSSR count). The van der Waals surface area contributed by atoms with Crippen LogP contribution in [0.5, 0.6) is 0 Å². The van der Waals surface area contributed by atoms with Crippen molar-refractivity contribution in [2.24, 2.45) is 5.73 Å². The molecule has 1 fully saturated rings. The third kappa shape index (κ3) is 3.50. The van der Waals surface area contributed by atoms with Gasteiger partial charge in [0.1, 0.15) is 9.92 Å². The molecule has 1 saturated heterocycles. The second-order valence-corrected chi connectivity index (χ2v) is 8.13. The second-order valence-electron chi connectivity index (χ2n) is 5.89. The Kier molecular flexibility index (Phi) is 5.30. The smallest absolute Gasteiger partial charge is 0.289 e. The average molecular weight is 362 g/mol. The number of nitro groups is 1. The van der Waals surface area contributed by atoms with Crippen LogP contribution in [0.1, 0.15) is 31.7 Å². The Hall–Kier alpha value is -1.22. The number of rotatable bonds is 4. The van der Waals surface area contributed by atoms with Crippen LogP contribution in [0.15, 0.2) is 17.0 Å². The van der Waals surface area contributed by atoms with Crippen molar-refractivity contribution in [2.45, 2.75) is 50.1 Å². The summed E-state index contributed by atoms with van der Waals surface area (Å²) in [5.74, 6) is 0. The van der Waals surface area contributed by atoms with E-state index in [4.69, 9.17) is 17.3 Å². The maximum absolute atomic E-state index is 13.0. The van der Waals surface area contributed by atoms with Gasteiger partial charge in [-0.15, -0.1) is 0 Å². The molecule has 1 aliphatic heterocycles. The Labute approximate surface area is 140 Å². The first kappa shape index (κ1) is 18.1. The summed E-state index contributed by atoms with van der Waals surface area (Å²) in [7, 11) is -3.95. The highest BCUT2D eigenvalue weighted by Gasteiger charge is 2.38. The van der Waals surface area contributed by atoms with Crippen LogP contribution in [-0.2, 0) is 10.0 Å². The fraction of sp³-hybridized carbons (Fsp3) is 0.571. The minimum Gasteiger partial charge on any atom is -0.326 e. The predicted octanol–water partition coefficient (Wildman–Crippen LogP) is 2.45. The zero-order chi connectivity index (χ0) is 17.4. The SMILES string of the molecule is Cc1cc([N+](=O)[O-])c(Cl)c(S(=O)(=O)N2CCCCC2C(C)N)c1. The van der Waals surface area contributed by atoms with Gasteiger partial charge in [0.2, 0.25) is 10.0 Å². The minimum absolute atomic E-state index is 0.224. The van der Waals surface area contributed by atoms with E-state index in [-0.39, 0.29) is 22.0 Å². The molecule has 1 aliphatic rings. The van der Waals surface area contributed by atoms with E-state index in [1.165, 1.54) is 16.4 Å². The van der Waals surface area contributed by atoms with E-state index in [1.807, 2.05) is 0 Å². The number of hydrogen-bond donors (Lipinski definition) is 1. The molecule has 0 spiro atoms. The standard InChI is InChI=1S/C14H20ClN3O4S/c1-9-7-12(18(19)20)14(15)13(8-9)23(21,22)17-6-4-3-5-11(17)10(2)16/h7-8,10-11H,3-6,16H2,1-2H3. The summed E-state index contributed by atoms with van der Waals surface area (Å²) in [6.07, 6.45) is 2.30. The fourth-order valence-electron chi connectivity index (χ4n) is 2.92. The molecule has 7 nitrogen and oxygen atoms in total. The molecule has 0 saturated carbocycles. The van der Waals surface area contributed by atoms with Crippen LogP contribution in [0.4, 0.5) is 5.69 Å². The number of aryl methyl sites for hydroxylation is 1. The molecule has 0 amide bonds. The molecule has 23 heavy (non-hydrogen) atoms. The highest BCUT2D eigenvalue weighted by atomic mass is 35.5. The molecule has 2 N–H and O–H groups in total.